The second-order valence-electron chi connectivity index (χ2n) is 6.39. The lowest BCUT2D eigenvalue weighted by atomic mass is 9.94. The predicted molar refractivity (Wildman–Crippen MR) is 86.7 cm³/mol. The molecule has 2 heterocycles. The molecule has 112 valence electrons. The highest BCUT2D eigenvalue weighted by Crippen LogP contribution is 2.30. The van der Waals surface area contributed by atoms with Crippen molar-refractivity contribution in [2.45, 2.75) is 43.6 Å². The third-order valence-electron chi connectivity index (χ3n) is 3.49. The molecule has 0 saturated carbocycles. The molecule has 0 fully saturated rings. The molecule has 2 aromatic rings. The summed E-state index contributed by atoms with van der Waals surface area (Å²) in [4.78, 5) is 4.57. The van der Waals surface area contributed by atoms with Crippen molar-refractivity contribution in [3.63, 3.8) is 0 Å². The van der Waals surface area contributed by atoms with Gasteiger partial charge in [-0.05, 0) is 18.1 Å². The molecule has 21 heavy (non-hydrogen) atoms. The van der Waals surface area contributed by atoms with E-state index in [-0.39, 0.29) is 10.7 Å². The van der Waals surface area contributed by atoms with Crippen LogP contribution in [0.5, 0.6) is 0 Å². The fourth-order valence-corrected chi connectivity index (χ4v) is 3.07. The van der Waals surface area contributed by atoms with Crippen LogP contribution in [0.2, 0.25) is 0 Å². The Kier molecular flexibility index (Phi) is 3.93. The Hall–Kier alpha value is -1.49. The Labute approximate surface area is 129 Å². The van der Waals surface area contributed by atoms with Gasteiger partial charge in [-0.2, -0.15) is 4.98 Å². The minimum atomic E-state index is 0.214. The zero-order valence-electron chi connectivity index (χ0n) is 12.7. The Bertz CT molecular complexity index is 618. The third kappa shape index (κ3) is 3.59. The van der Waals surface area contributed by atoms with Crippen LogP contribution >= 0.6 is 11.8 Å². The van der Waals surface area contributed by atoms with Gasteiger partial charge >= 0.3 is 0 Å². The summed E-state index contributed by atoms with van der Waals surface area (Å²) in [5.41, 5.74) is 2.54. The average Bonchev–Trinajstić information content (AvgIpc) is 2.93. The first-order valence-corrected chi connectivity index (χ1v) is 8.28. The van der Waals surface area contributed by atoms with Crippen molar-refractivity contribution in [2.24, 2.45) is 0 Å². The number of fused-ring (bicyclic) bond motifs is 1. The first-order valence-electron chi connectivity index (χ1n) is 7.29. The van der Waals surface area contributed by atoms with Crippen molar-refractivity contribution in [3.8, 4) is 0 Å². The highest BCUT2D eigenvalue weighted by atomic mass is 32.2. The molecule has 0 aliphatic carbocycles. The lowest BCUT2D eigenvalue weighted by Gasteiger charge is -2.23. The molecule has 0 bridgehead atoms. The van der Waals surface area contributed by atoms with Crippen LogP contribution < -0.4 is 5.32 Å². The van der Waals surface area contributed by atoms with Gasteiger partial charge in [0, 0.05) is 17.0 Å². The number of nitrogens with one attached hydrogen (secondary N) is 1. The molecule has 1 unspecified atom stereocenters. The van der Waals surface area contributed by atoms with Gasteiger partial charge in [0.25, 0.3) is 0 Å². The van der Waals surface area contributed by atoms with Crippen molar-refractivity contribution < 1.29 is 4.52 Å². The predicted octanol–water partition coefficient (Wildman–Crippen LogP) is 3.85. The van der Waals surface area contributed by atoms with Crippen LogP contribution in [0.15, 0.2) is 28.8 Å². The largest absolute Gasteiger partial charge is 0.384 e. The summed E-state index contributed by atoms with van der Waals surface area (Å²) in [6.45, 7) is 7.44. The highest BCUT2D eigenvalue weighted by Gasteiger charge is 2.24. The van der Waals surface area contributed by atoms with Crippen molar-refractivity contribution in [2.75, 3.05) is 11.9 Å². The second-order valence-corrected chi connectivity index (χ2v) is 8.19. The van der Waals surface area contributed by atoms with Crippen LogP contribution in [0, 0.1) is 0 Å². The number of nitrogens with zero attached hydrogens (tertiary/aromatic N) is 2. The zero-order valence-corrected chi connectivity index (χ0v) is 13.5. The number of benzene rings is 1. The van der Waals surface area contributed by atoms with Crippen LogP contribution in [0.4, 0.5) is 5.69 Å². The summed E-state index contributed by atoms with van der Waals surface area (Å²) in [5, 5.41) is 7.56. The standard InChI is InChI=1S/C16H21N3OS/c1-16(2,3)21-10-14-18-15(20-19-14)12-8-11-6-4-5-7-13(11)17-9-12/h4-7,12,17H,8-10H2,1-3H3. The van der Waals surface area contributed by atoms with E-state index in [1.54, 1.807) is 0 Å². The summed E-state index contributed by atoms with van der Waals surface area (Å²) >= 11 is 1.83. The van der Waals surface area contributed by atoms with Gasteiger partial charge in [0.15, 0.2) is 5.82 Å². The average molecular weight is 303 g/mol. The molecular weight excluding hydrogens is 282 g/mol. The molecule has 4 nitrogen and oxygen atoms in total. The molecule has 0 spiro atoms. The van der Waals surface area contributed by atoms with Gasteiger partial charge in [0.05, 0.1) is 11.7 Å². The maximum Gasteiger partial charge on any atom is 0.231 e. The zero-order chi connectivity index (χ0) is 14.9. The molecule has 5 heteroatoms. The van der Waals surface area contributed by atoms with Crippen LogP contribution in [0.3, 0.4) is 0 Å². The lowest BCUT2D eigenvalue weighted by molar-refractivity contribution is 0.351. The van der Waals surface area contributed by atoms with Crippen molar-refractivity contribution in [1.82, 2.24) is 10.1 Å². The molecule has 1 atom stereocenters. The molecule has 1 aromatic carbocycles. The van der Waals surface area contributed by atoms with Crippen LogP contribution in [0.1, 0.15) is 44.0 Å². The molecule has 3 rings (SSSR count). The summed E-state index contributed by atoms with van der Waals surface area (Å²) in [6.07, 6.45) is 0.956. The van der Waals surface area contributed by atoms with Crippen LogP contribution in [-0.4, -0.2) is 21.4 Å². The number of para-hydroxylation sites is 1. The first-order chi connectivity index (χ1) is 10.0. The van der Waals surface area contributed by atoms with Gasteiger partial charge in [-0.25, -0.2) is 0 Å². The lowest BCUT2D eigenvalue weighted by Crippen LogP contribution is -2.21. The monoisotopic (exact) mass is 303 g/mol. The molecule has 0 saturated heterocycles. The molecule has 1 N–H and O–H groups in total. The second kappa shape index (κ2) is 5.72. The van der Waals surface area contributed by atoms with Crippen LogP contribution in [-0.2, 0) is 12.2 Å². The Morgan fingerprint density at radius 2 is 2.14 bits per heavy atom. The Morgan fingerprint density at radius 3 is 2.95 bits per heavy atom. The van der Waals surface area contributed by atoms with Gasteiger partial charge in [-0.15, -0.1) is 11.8 Å². The van der Waals surface area contributed by atoms with E-state index in [1.807, 2.05) is 11.8 Å². The topological polar surface area (TPSA) is 51.0 Å². The van der Waals surface area contributed by atoms with E-state index >= 15 is 0 Å². The minimum Gasteiger partial charge on any atom is -0.384 e. The van der Waals surface area contributed by atoms with Gasteiger partial charge < -0.3 is 9.84 Å². The third-order valence-corrected chi connectivity index (χ3v) is 4.76. The van der Waals surface area contributed by atoms with E-state index in [0.29, 0.717) is 0 Å². The normalized spacial score (nSPS) is 18.1. The van der Waals surface area contributed by atoms with E-state index in [4.69, 9.17) is 4.52 Å². The summed E-state index contributed by atoms with van der Waals surface area (Å²) < 4.78 is 5.68. The number of hydrogen-bond acceptors (Lipinski definition) is 5. The first kappa shape index (κ1) is 14.4. The number of rotatable bonds is 3. The Morgan fingerprint density at radius 1 is 1.33 bits per heavy atom. The molecule has 0 amide bonds. The van der Waals surface area contributed by atoms with Gasteiger partial charge in [-0.1, -0.05) is 44.1 Å². The van der Waals surface area contributed by atoms with Gasteiger partial charge in [0.1, 0.15) is 0 Å². The van der Waals surface area contributed by atoms with E-state index < -0.39 is 0 Å². The van der Waals surface area contributed by atoms with Gasteiger partial charge in [0.2, 0.25) is 5.89 Å². The molecule has 1 aliphatic rings. The summed E-state index contributed by atoms with van der Waals surface area (Å²) in [7, 11) is 0. The maximum atomic E-state index is 5.47. The quantitative estimate of drug-likeness (QED) is 0.933. The smallest absolute Gasteiger partial charge is 0.231 e. The number of aromatic nitrogens is 2. The van der Waals surface area contributed by atoms with Crippen molar-refractivity contribution in [1.29, 1.82) is 0 Å². The van der Waals surface area contributed by atoms with E-state index in [1.165, 1.54) is 11.3 Å². The van der Waals surface area contributed by atoms with E-state index in [0.717, 1.165) is 30.4 Å². The van der Waals surface area contributed by atoms with Gasteiger partial charge in [-0.3, -0.25) is 0 Å². The van der Waals surface area contributed by atoms with Crippen molar-refractivity contribution in [3.05, 3.63) is 41.5 Å². The fourth-order valence-electron chi connectivity index (χ4n) is 2.39. The Balaban J connectivity index is 1.67. The van der Waals surface area contributed by atoms with E-state index in [2.05, 4.69) is 60.5 Å². The summed E-state index contributed by atoms with van der Waals surface area (Å²) in [5.74, 6) is 2.61. The van der Waals surface area contributed by atoms with Crippen LogP contribution in [0.25, 0.3) is 0 Å². The van der Waals surface area contributed by atoms with E-state index in [9.17, 15) is 0 Å². The molecule has 1 aromatic heterocycles. The molecular formula is C16H21N3OS. The summed E-state index contributed by atoms with van der Waals surface area (Å²) in [6, 6.07) is 8.40. The van der Waals surface area contributed by atoms with Crippen molar-refractivity contribution >= 4 is 17.4 Å². The maximum absolute atomic E-state index is 5.47. The minimum absolute atomic E-state index is 0.214. The molecule has 1 aliphatic heterocycles. The molecule has 0 radical (unpaired) electrons. The SMILES string of the molecule is CC(C)(C)SCc1noc(C2CNc3ccccc3C2)n1. The number of hydrogen-bond donors (Lipinski definition) is 1. The number of anilines is 1. The fraction of sp³-hybridized carbons (Fsp3) is 0.500. The number of thioether (sulfide) groups is 1. The highest BCUT2D eigenvalue weighted by molar-refractivity contribution is 7.99.